The summed E-state index contributed by atoms with van der Waals surface area (Å²) in [7, 11) is -7.87. The Morgan fingerprint density at radius 1 is 1.36 bits per heavy atom. The molecule has 0 aliphatic rings. The highest BCUT2D eigenvalue weighted by Crippen LogP contribution is 1.83. The largest absolute Gasteiger partial charge is 0.433 e. The maximum Gasteiger partial charge on any atom is 0.433 e. The lowest BCUT2D eigenvalue weighted by molar-refractivity contribution is -1.63. The maximum absolute atomic E-state index is 9.34. The van der Waals surface area contributed by atoms with Gasteiger partial charge in [-0.2, -0.15) is 8.42 Å². The summed E-state index contributed by atoms with van der Waals surface area (Å²) in [6.07, 6.45) is 0. The molecule has 0 aromatic heterocycles. The fourth-order valence-electron chi connectivity index (χ4n) is 0. The van der Waals surface area contributed by atoms with Crippen molar-refractivity contribution in [3.05, 3.63) is 0 Å². The Morgan fingerprint density at radius 3 is 1.45 bits per heavy atom. The lowest BCUT2D eigenvalue weighted by atomic mass is 15.9. The molecule has 1 atom stereocenters. The molecular weight excluding hydrogens is 272 g/mol. The zero-order valence-electron chi connectivity index (χ0n) is 4.58. The van der Waals surface area contributed by atoms with E-state index in [0.717, 1.165) is 0 Å². The lowest BCUT2D eigenvalue weighted by Crippen LogP contribution is -2.30. The van der Waals surface area contributed by atoms with Crippen molar-refractivity contribution in [1.82, 2.24) is 0 Å². The van der Waals surface area contributed by atoms with Gasteiger partial charge in [-0.1, -0.05) is 0 Å². The van der Waals surface area contributed by atoms with Crippen LogP contribution in [0.1, 0.15) is 0 Å². The SMILES string of the molecule is O=S(O)S(=O)(=O)O.[O-][Br+2]([O-])O. The molecule has 0 heterocycles. The van der Waals surface area contributed by atoms with Crippen molar-refractivity contribution in [2.24, 2.45) is 0 Å². The first-order valence-electron chi connectivity index (χ1n) is 1.51. The van der Waals surface area contributed by atoms with Gasteiger partial charge in [0, 0.05) is 0 Å². The molecule has 0 amide bonds. The molecule has 0 spiro atoms. The van der Waals surface area contributed by atoms with Crippen molar-refractivity contribution in [2.75, 3.05) is 0 Å². The van der Waals surface area contributed by atoms with Crippen LogP contribution < -0.4 is 8.40 Å². The normalized spacial score (nSPS) is 13.6. The third-order valence-electron chi connectivity index (χ3n) is 0.180. The molecule has 0 radical (unpaired) electrons. The van der Waals surface area contributed by atoms with E-state index in [-0.39, 0.29) is 0 Å². The van der Waals surface area contributed by atoms with Gasteiger partial charge in [0.05, 0.1) is 0 Å². The first-order valence-corrected chi connectivity index (χ1v) is 6.58. The zero-order chi connectivity index (χ0) is 9.65. The summed E-state index contributed by atoms with van der Waals surface area (Å²) in [6, 6.07) is 0. The second-order valence-electron chi connectivity index (χ2n) is 0.846. The Balaban J connectivity index is 0. The van der Waals surface area contributed by atoms with E-state index in [1.165, 1.54) is 0 Å². The van der Waals surface area contributed by atoms with Crippen molar-refractivity contribution in [3.8, 4) is 0 Å². The quantitative estimate of drug-likeness (QED) is 0.248. The van der Waals surface area contributed by atoms with Crippen LogP contribution in [0, 0.1) is 14.8 Å². The monoisotopic (exact) mass is 274 g/mol. The van der Waals surface area contributed by atoms with Gasteiger partial charge in [0.15, 0.2) is 0 Å². The van der Waals surface area contributed by atoms with Crippen molar-refractivity contribution in [3.63, 3.8) is 0 Å². The summed E-state index contributed by atoms with van der Waals surface area (Å²) >= 11 is -3.40. The Labute approximate surface area is 68.7 Å². The van der Waals surface area contributed by atoms with Gasteiger partial charge in [0.2, 0.25) is 0 Å². The molecule has 0 saturated carbocycles. The minimum atomic E-state index is -4.71. The first kappa shape index (κ1) is 13.9. The summed E-state index contributed by atoms with van der Waals surface area (Å²) in [4.78, 5) is 0. The third kappa shape index (κ3) is 17.9. The van der Waals surface area contributed by atoms with Crippen molar-refractivity contribution >= 4 is 19.3 Å². The summed E-state index contributed by atoms with van der Waals surface area (Å²) in [5, 5.41) is 0. The average molecular weight is 275 g/mol. The molecule has 0 bridgehead atoms. The summed E-state index contributed by atoms with van der Waals surface area (Å²) in [5.41, 5.74) is 0. The topological polar surface area (TPSA) is 158 Å². The number of hydrogen-bond donors (Lipinski definition) is 3. The number of hydrogen-bond acceptors (Lipinski definition) is 6. The average Bonchev–Trinajstić information content (AvgIpc) is 1.59. The molecule has 11 heavy (non-hydrogen) atoms. The molecule has 0 aromatic rings. The highest BCUT2D eigenvalue weighted by atomic mass is 80.0. The molecule has 0 aliphatic heterocycles. The van der Waals surface area contributed by atoms with E-state index in [1.807, 2.05) is 0 Å². The van der Waals surface area contributed by atoms with Crippen LogP contribution in [0.3, 0.4) is 0 Å². The minimum Gasteiger partial charge on any atom is -0.372 e. The van der Waals surface area contributed by atoms with E-state index in [1.54, 1.807) is 0 Å². The fourth-order valence-corrected chi connectivity index (χ4v) is 0. The molecule has 0 aliphatic carbocycles. The van der Waals surface area contributed by atoms with Crippen LogP contribution in [0.4, 0.5) is 0 Å². The summed E-state index contributed by atoms with van der Waals surface area (Å²) in [5.74, 6) is 0. The molecule has 0 fully saturated rings. The van der Waals surface area contributed by atoms with Gasteiger partial charge in [-0.05, 0) is 4.20 Å². The zero-order valence-corrected chi connectivity index (χ0v) is 7.80. The van der Waals surface area contributed by atoms with E-state index in [0.29, 0.717) is 0 Å². The predicted octanol–water partition coefficient (Wildman–Crippen LogP) is -3.92. The second kappa shape index (κ2) is 5.96. The van der Waals surface area contributed by atoms with Crippen LogP contribution in [0.15, 0.2) is 0 Å². The van der Waals surface area contributed by atoms with Crippen molar-refractivity contribution in [1.29, 1.82) is 0 Å². The van der Waals surface area contributed by atoms with Gasteiger partial charge in [0.1, 0.15) is 0 Å². The molecule has 8 nitrogen and oxygen atoms in total. The van der Waals surface area contributed by atoms with Crippen LogP contribution >= 0.6 is 0 Å². The Bertz CT molecular complexity index is 197. The van der Waals surface area contributed by atoms with Crippen LogP contribution in [0.5, 0.6) is 0 Å². The first-order chi connectivity index (χ1) is 4.68. The molecule has 11 heteroatoms. The van der Waals surface area contributed by atoms with Crippen LogP contribution in [-0.2, 0) is 19.3 Å². The van der Waals surface area contributed by atoms with Gasteiger partial charge in [-0.15, -0.1) is 0 Å². The third-order valence-corrected chi connectivity index (χ3v) is 1.62. The van der Waals surface area contributed by atoms with Crippen LogP contribution in [0.25, 0.3) is 0 Å². The second-order valence-corrected chi connectivity index (χ2v) is 5.10. The van der Waals surface area contributed by atoms with E-state index < -0.39 is 34.1 Å². The van der Waals surface area contributed by atoms with E-state index in [4.69, 9.17) is 21.7 Å². The van der Waals surface area contributed by atoms with Gasteiger partial charge >= 0.3 is 34.1 Å². The standard InChI is InChI=1S/BrHO3.H2O5S2/c2-1(3)4;1-6(2)7(3,4)5/h2H;(H,1,2)(H,3,4,5). The van der Waals surface area contributed by atoms with Gasteiger partial charge < -0.3 is 8.40 Å². The predicted molar refractivity (Wildman–Crippen MR) is 24.5 cm³/mol. The van der Waals surface area contributed by atoms with E-state index in [2.05, 4.69) is 0 Å². The molecular formula is H3BrO8S2. The number of halogens is 1. The Morgan fingerprint density at radius 2 is 1.45 bits per heavy atom. The summed E-state index contributed by atoms with van der Waals surface area (Å²) < 4.78 is 67.3. The molecule has 0 saturated heterocycles. The van der Waals surface area contributed by atoms with E-state index >= 15 is 0 Å². The lowest BCUT2D eigenvalue weighted by Gasteiger charge is -1.80. The van der Waals surface area contributed by atoms with Crippen LogP contribution in [-0.4, -0.2) is 25.9 Å². The summed E-state index contributed by atoms with van der Waals surface area (Å²) in [6.45, 7) is 0. The highest BCUT2D eigenvalue weighted by Gasteiger charge is 2.10. The maximum atomic E-state index is 9.34. The van der Waals surface area contributed by atoms with E-state index in [9.17, 15) is 12.6 Å². The van der Waals surface area contributed by atoms with Crippen molar-refractivity contribution in [2.45, 2.75) is 0 Å². The molecule has 1 unspecified atom stereocenters. The molecule has 0 rings (SSSR count). The smallest absolute Gasteiger partial charge is 0.372 e. The van der Waals surface area contributed by atoms with Crippen molar-refractivity contribution < 1.29 is 49.1 Å². The Kier molecular flexibility index (Phi) is 7.55. The molecule has 70 valence electrons. The van der Waals surface area contributed by atoms with Gasteiger partial charge in [0.25, 0.3) is 0 Å². The molecule has 3 N–H and O–H groups in total. The Hall–Kier alpha value is 0.380. The van der Waals surface area contributed by atoms with Gasteiger partial charge in [-0.3, -0.25) is 9.11 Å². The fraction of sp³-hybridized carbons (Fsp3) is 0. The highest BCUT2D eigenvalue weighted by molar-refractivity contribution is 8.59. The molecule has 0 aromatic carbocycles. The van der Waals surface area contributed by atoms with Gasteiger partial charge in [-0.25, -0.2) is 4.21 Å². The van der Waals surface area contributed by atoms with Crippen LogP contribution in [0.2, 0.25) is 0 Å². The minimum absolute atomic E-state index is 3.16. The number of rotatable bonds is 1.